The first-order chi connectivity index (χ1) is 14.1. The molecule has 0 aromatic heterocycles. The average molecular weight is 415 g/mol. The molecule has 0 unspecified atom stereocenters. The highest BCUT2D eigenvalue weighted by Gasteiger charge is 2.40. The van der Waals surface area contributed by atoms with Gasteiger partial charge in [-0.25, -0.2) is 0 Å². The molecule has 0 aromatic rings. The predicted molar refractivity (Wildman–Crippen MR) is 109 cm³/mol. The van der Waals surface area contributed by atoms with Crippen molar-refractivity contribution in [3.8, 4) is 0 Å². The molecule has 4 atom stereocenters. The molecule has 6 nitrogen and oxygen atoms in total. The summed E-state index contributed by atoms with van der Waals surface area (Å²) in [7, 11) is 2.50. The van der Waals surface area contributed by atoms with Gasteiger partial charge in [0.2, 0.25) is 7.09 Å². The van der Waals surface area contributed by atoms with E-state index in [4.69, 9.17) is 24.5 Å². The molecule has 3 aliphatic rings. The Labute approximate surface area is 175 Å². The average Bonchev–Trinajstić information content (AvgIpc) is 2.73. The lowest BCUT2D eigenvalue weighted by Gasteiger charge is -2.44. The second kappa shape index (κ2) is 11.2. The van der Waals surface area contributed by atoms with E-state index in [0.717, 1.165) is 70.5 Å². The second-order valence-corrected chi connectivity index (χ2v) is 8.61. The Bertz CT molecular complexity index is 502. The predicted octanol–water partition coefficient (Wildman–Crippen LogP) is 3.58. The molecule has 28 heavy (non-hydrogen) atoms. The standard InChI is InChI=1S/C20H34BO6S/c1-23-19(22)14-18(27-28-21)13-16-7-5-6-15(25-16)12-17-8-11-24-20(26-17)9-3-2-4-10-20/h15-18,21H,2-14H2,1H3/t15-,16+,17+,18-/m1/s1/i21T. The smallest absolute Gasteiger partial charge is 0.308 e. The highest BCUT2D eigenvalue weighted by molar-refractivity contribution is 8.15. The van der Waals surface area contributed by atoms with E-state index in [1.54, 1.807) is 0 Å². The first kappa shape index (κ1) is 21.0. The molecule has 2 heterocycles. The Morgan fingerprint density at radius 2 is 2.04 bits per heavy atom. The third-order valence-electron chi connectivity index (χ3n) is 6.10. The molecule has 1 aliphatic carbocycles. The first-order valence-corrected chi connectivity index (χ1v) is 11.5. The van der Waals surface area contributed by atoms with Crippen molar-refractivity contribution in [1.82, 2.24) is 0 Å². The van der Waals surface area contributed by atoms with Gasteiger partial charge in [0.15, 0.2) is 5.79 Å². The lowest BCUT2D eigenvalue weighted by molar-refractivity contribution is -0.309. The second-order valence-electron chi connectivity index (χ2n) is 8.23. The van der Waals surface area contributed by atoms with Gasteiger partial charge in [0.25, 0.3) is 0 Å². The largest absolute Gasteiger partial charge is 0.469 e. The SMILES string of the molecule is [3H][B]SO[C@@H](CC(=O)OC)C[C@@H]1CCC[C@H](C[C@@H]2CCOC3(CCCCC3)O2)O1. The molecule has 159 valence electrons. The van der Waals surface area contributed by atoms with Gasteiger partial charge in [0, 0.05) is 19.3 Å². The van der Waals surface area contributed by atoms with E-state index in [2.05, 4.69) is 0 Å². The zero-order chi connectivity index (χ0) is 20.5. The molecule has 2 saturated heterocycles. The fourth-order valence-electron chi connectivity index (χ4n) is 4.71. The Hall–Kier alpha value is -0.275. The van der Waals surface area contributed by atoms with Crippen LogP contribution in [0.3, 0.4) is 0 Å². The van der Waals surface area contributed by atoms with Crippen LogP contribution < -0.4 is 0 Å². The molecule has 0 aromatic carbocycles. The van der Waals surface area contributed by atoms with Gasteiger partial charge in [-0.2, -0.15) is 0 Å². The molecule has 3 rings (SSSR count). The Kier molecular flexibility index (Phi) is 8.40. The molecule has 1 radical (unpaired) electrons. The molecule has 1 saturated carbocycles. The summed E-state index contributed by atoms with van der Waals surface area (Å²) in [4.78, 5) is 11.7. The molecule has 2 aliphatic heterocycles. The number of hydrogen-bond acceptors (Lipinski definition) is 7. The van der Waals surface area contributed by atoms with Crippen LogP contribution in [0.4, 0.5) is 0 Å². The monoisotopic (exact) mass is 415 g/mol. The molecular weight excluding hydrogens is 379 g/mol. The van der Waals surface area contributed by atoms with Crippen LogP contribution >= 0.6 is 11.9 Å². The Balaban J connectivity index is 1.48. The van der Waals surface area contributed by atoms with Crippen LogP contribution in [0, 0.1) is 0 Å². The van der Waals surface area contributed by atoms with Gasteiger partial charge in [-0.05, 0) is 46.3 Å². The van der Waals surface area contributed by atoms with E-state index >= 15 is 0 Å². The Morgan fingerprint density at radius 3 is 2.82 bits per heavy atom. The van der Waals surface area contributed by atoms with Crippen LogP contribution in [0.5, 0.6) is 0 Å². The van der Waals surface area contributed by atoms with Gasteiger partial charge in [-0.3, -0.25) is 4.79 Å². The van der Waals surface area contributed by atoms with Crippen LogP contribution in [-0.2, 0) is 27.9 Å². The fraction of sp³-hybridized carbons (Fsp3) is 0.950. The number of ether oxygens (including phenoxy) is 4. The maximum Gasteiger partial charge on any atom is 0.308 e. The number of carbonyl (C=O) groups is 1. The van der Waals surface area contributed by atoms with Crippen molar-refractivity contribution < 1.29 is 27.9 Å². The van der Waals surface area contributed by atoms with Crippen molar-refractivity contribution in [2.45, 2.75) is 107 Å². The van der Waals surface area contributed by atoms with Gasteiger partial charge in [0.05, 0.1) is 44.6 Å². The van der Waals surface area contributed by atoms with Crippen molar-refractivity contribution in [3.63, 3.8) is 0 Å². The van der Waals surface area contributed by atoms with Crippen LogP contribution in [0.1, 0.15) is 77.0 Å². The van der Waals surface area contributed by atoms with Gasteiger partial charge in [-0.1, -0.05) is 18.3 Å². The summed E-state index contributed by atoms with van der Waals surface area (Å²) in [6, 6.07) is 0. The first-order valence-electron chi connectivity index (χ1n) is 11.3. The van der Waals surface area contributed by atoms with Gasteiger partial charge >= 0.3 is 5.97 Å². The summed E-state index contributed by atoms with van der Waals surface area (Å²) in [5.74, 6) is -0.653. The molecule has 1 spiro atoms. The van der Waals surface area contributed by atoms with Crippen molar-refractivity contribution >= 4 is 25.0 Å². The summed E-state index contributed by atoms with van der Waals surface area (Å²) in [5.41, 5.74) is 0. The molecule has 0 amide bonds. The number of methoxy groups -OCH3 is 1. The Morgan fingerprint density at radius 1 is 1.21 bits per heavy atom. The van der Waals surface area contributed by atoms with Crippen LogP contribution in [0.15, 0.2) is 0 Å². The molecular formula is C20H34BO6S. The van der Waals surface area contributed by atoms with Crippen LogP contribution in [0.25, 0.3) is 0 Å². The minimum absolute atomic E-state index is 0.0539. The van der Waals surface area contributed by atoms with E-state index in [-0.39, 0.29) is 42.6 Å². The number of hydrogen-bond donors (Lipinski definition) is 0. The van der Waals surface area contributed by atoms with Crippen molar-refractivity contribution in [2.75, 3.05) is 13.7 Å². The normalized spacial score (nSPS) is 31.8. The molecule has 8 heteroatoms. The highest BCUT2D eigenvalue weighted by Crippen LogP contribution is 2.38. The maximum atomic E-state index is 11.7. The number of carbonyl (C=O) groups excluding carboxylic acids is 1. The van der Waals surface area contributed by atoms with Crippen LogP contribution in [-0.4, -0.2) is 58.3 Å². The molecule has 0 N–H and O–H groups in total. The maximum absolute atomic E-state index is 11.7. The quantitative estimate of drug-likeness (QED) is 0.324. The minimum atomic E-state index is -0.349. The summed E-state index contributed by atoms with van der Waals surface area (Å²) in [6.07, 6.45) is 11.5. The number of esters is 1. The topological polar surface area (TPSA) is 63.2 Å². The van der Waals surface area contributed by atoms with E-state index in [9.17, 15) is 4.79 Å². The van der Waals surface area contributed by atoms with E-state index in [1.807, 2.05) is 0 Å². The summed E-state index contributed by atoms with van der Waals surface area (Å²) < 4.78 is 36.3. The zero-order valence-electron chi connectivity index (χ0n) is 17.9. The van der Waals surface area contributed by atoms with Crippen LogP contribution in [0.2, 0.25) is 0 Å². The van der Waals surface area contributed by atoms with Gasteiger partial charge in [-0.15, -0.1) is 0 Å². The number of rotatable bonds is 9. The van der Waals surface area contributed by atoms with E-state index < -0.39 is 0 Å². The highest BCUT2D eigenvalue weighted by atomic mass is 32.2. The summed E-state index contributed by atoms with van der Waals surface area (Å²) in [5, 5.41) is 0. The van der Waals surface area contributed by atoms with Crippen molar-refractivity contribution in [1.29, 1.82) is 1.34 Å². The van der Waals surface area contributed by atoms with E-state index in [0.29, 0.717) is 6.42 Å². The molecule has 0 bridgehead atoms. The lowest BCUT2D eigenvalue weighted by Crippen LogP contribution is -2.47. The third kappa shape index (κ3) is 6.62. The lowest BCUT2D eigenvalue weighted by atomic mass is 9.91. The minimum Gasteiger partial charge on any atom is -0.469 e. The third-order valence-corrected chi connectivity index (χ3v) is 6.49. The van der Waals surface area contributed by atoms with Gasteiger partial charge < -0.3 is 23.1 Å². The summed E-state index contributed by atoms with van der Waals surface area (Å²) in [6.45, 7) is 0.775. The zero-order valence-corrected chi connectivity index (χ0v) is 17.8. The van der Waals surface area contributed by atoms with E-state index in [1.165, 1.54) is 26.4 Å². The summed E-state index contributed by atoms with van der Waals surface area (Å²) >= 11 is 0.943. The molecule has 3 fully saturated rings. The van der Waals surface area contributed by atoms with Crippen molar-refractivity contribution in [3.05, 3.63) is 0 Å². The van der Waals surface area contributed by atoms with Gasteiger partial charge in [0.1, 0.15) is 0 Å². The fourth-order valence-corrected chi connectivity index (χ4v) is 5.01. The van der Waals surface area contributed by atoms with Crippen molar-refractivity contribution in [2.24, 2.45) is 0 Å².